The molecule has 0 aliphatic carbocycles. The van der Waals surface area contributed by atoms with Crippen LogP contribution in [0.2, 0.25) is 0 Å². The van der Waals surface area contributed by atoms with Crippen LogP contribution in [0.25, 0.3) is 45.1 Å². The number of para-hydroxylation sites is 10. The van der Waals surface area contributed by atoms with E-state index in [9.17, 15) is 5.26 Å². The van der Waals surface area contributed by atoms with Crippen molar-refractivity contribution in [2.24, 2.45) is 0 Å². The van der Waals surface area contributed by atoms with Crippen LogP contribution in [0.15, 0.2) is 485 Å². The van der Waals surface area contributed by atoms with Crippen LogP contribution in [0.5, 0.6) is 34.5 Å². The van der Waals surface area contributed by atoms with Crippen LogP contribution in [0.4, 0.5) is 102 Å². The molecular weight excluding hydrogens is 1860 g/mol. The quantitative estimate of drug-likeness (QED) is 0.125. The summed E-state index contributed by atoms with van der Waals surface area (Å²) >= 11 is 5.48. The van der Waals surface area contributed by atoms with Crippen LogP contribution < -0.4 is 92.8 Å². The highest BCUT2D eigenvalue weighted by molar-refractivity contribution is 8.00. The molecule has 0 radical (unpaired) electrons. The van der Waals surface area contributed by atoms with E-state index in [0.29, 0.717) is 23.0 Å². The van der Waals surface area contributed by atoms with Crippen molar-refractivity contribution in [1.82, 2.24) is 34.9 Å². The highest BCUT2D eigenvalue weighted by Crippen LogP contribution is 2.63. The molecule has 0 saturated heterocycles. The summed E-state index contributed by atoms with van der Waals surface area (Å²) in [6.07, 6.45) is 13.0. The number of nitriles is 1. The SMILES string of the molecule is N#Cc1ccc(N2c3ccccc3Oc3c2cc2c4c3N(c3ccncc3)c3ccccc3B4c3ccccc3S2)cc1.c1ccc(-c2nc(-c3ccccc3)nc(-c3ccc(N4c5ccccc5Oc5c4cc4c6c5N(c5ccncc5)c5ccccc5B6c5ccccc5S4)cc3)n2)cc1.c1ccc2c(c1)Oc1c(cc3c4c1N(c1ccncc1)c1ccccc1B4c1ccccc1S3)N2c1cccc2cccnc12. The molecule has 23 heteroatoms. The number of pyridine rings is 4. The monoisotopic (exact) mass is 1940 g/mol. The third-order valence-corrected chi connectivity index (χ3v) is 32.1. The molecule has 0 spiro atoms. The number of anilines is 18. The highest BCUT2D eigenvalue weighted by Gasteiger charge is 2.50. The minimum absolute atomic E-state index is 0.0347. The maximum Gasteiger partial charge on any atom is 0.249 e. The Labute approximate surface area is 860 Å². The Morgan fingerprint density at radius 2 is 0.544 bits per heavy atom. The predicted octanol–water partition coefficient (Wildman–Crippen LogP) is 25.9. The van der Waals surface area contributed by atoms with E-state index in [1.807, 2.05) is 200 Å². The smallest absolute Gasteiger partial charge is 0.249 e. The zero-order valence-electron chi connectivity index (χ0n) is 78.2. The Kier molecular flexibility index (Phi) is 20.3. The zero-order valence-corrected chi connectivity index (χ0v) is 80.7. The number of ether oxygens (including phenoxy) is 3. The van der Waals surface area contributed by atoms with Crippen molar-refractivity contribution in [2.75, 3.05) is 29.4 Å². The number of benzene rings is 17. The van der Waals surface area contributed by atoms with Gasteiger partial charge in [-0.3, -0.25) is 19.9 Å². The fourth-order valence-electron chi connectivity index (χ4n) is 22.5. The predicted molar refractivity (Wildman–Crippen MR) is 596 cm³/mol. The van der Waals surface area contributed by atoms with Crippen LogP contribution in [0.3, 0.4) is 0 Å². The van der Waals surface area contributed by atoms with Crippen molar-refractivity contribution in [3.05, 3.63) is 461 Å². The molecule has 0 saturated carbocycles. The van der Waals surface area contributed by atoms with E-state index < -0.39 is 0 Å². The third-order valence-electron chi connectivity index (χ3n) is 28.7. The van der Waals surface area contributed by atoms with Gasteiger partial charge in [0.25, 0.3) is 0 Å². The lowest BCUT2D eigenvalue weighted by molar-refractivity contribution is 0.478. The van der Waals surface area contributed by atoms with Crippen molar-refractivity contribution in [1.29, 1.82) is 5.26 Å². The first-order valence-electron chi connectivity index (χ1n) is 48.7. The van der Waals surface area contributed by atoms with Gasteiger partial charge in [0, 0.05) is 140 Å². The minimum atomic E-state index is 0.0347. The van der Waals surface area contributed by atoms with Gasteiger partial charge in [-0.1, -0.05) is 276 Å². The molecule has 0 atom stereocenters. The first-order chi connectivity index (χ1) is 72.9. The van der Waals surface area contributed by atoms with Gasteiger partial charge in [0.2, 0.25) is 20.1 Å². The van der Waals surface area contributed by atoms with Gasteiger partial charge >= 0.3 is 0 Å². The highest BCUT2D eigenvalue weighted by atomic mass is 32.2. The molecule has 9 aliphatic heterocycles. The van der Waals surface area contributed by atoms with Gasteiger partial charge < -0.3 is 43.6 Å². The number of aromatic nitrogens is 7. The van der Waals surface area contributed by atoms with Gasteiger partial charge in [0.15, 0.2) is 52.0 Å². The summed E-state index contributed by atoms with van der Waals surface area (Å²) in [5.74, 6) is 6.68. The zero-order chi connectivity index (χ0) is 96.8. The van der Waals surface area contributed by atoms with E-state index in [0.717, 1.165) is 164 Å². The summed E-state index contributed by atoms with van der Waals surface area (Å²) in [6.45, 7) is 0.166. The van der Waals surface area contributed by atoms with Crippen LogP contribution >= 0.6 is 35.3 Å². The molecule has 0 amide bonds. The summed E-state index contributed by atoms with van der Waals surface area (Å²) in [5.41, 5.74) is 34.2. The van der Waals surface area contributed by atoms with Crippen molar-refractivity contribution in [3.8, 4) is 74.7 Å². The number of hydrogen-bond acceptors (Lipinski definition) is 20. The van der Waals surface area contributed by atoms with Crippen molar-refractivity contribution >= 4 is 218 Å². The molecule has 9 aliphatic rings. The average molecular weight is 1940 g/mol. The van der Waals surface area contributed by atoms with E-state index in [4.69, 9.17) is 34.1 Å². The Balaban J connectivity index is 0.000000106. The third kappa shape index (κ3) is 14.0. The van der Waals surface area contributed by atoms with E-state index in [1.165, 1.54) is 78.5 Å². The lowest BCUT2D eigenvalue weighted by Gasteiger charge is -2.43. The van der Waals surface area contributed by atoms with Crippen LogP contribution in [0, 0.1) is 11.3 Å². The van der Waals surface area contributed by atoms with Crippen molar-refractivity contribution in [3.63, 3.8) is 0 Å². The Morgan fingerprint density at radius 1 is 0.238 bits per heavy atom. The summed E-state index contributed by atoms with van der Waals surface area (Å²) in [7, 11) is 0. The average Bonchev–Trinajstić information content (AvgIpc) is 0.696. The number of nitrogens with zero attached hydrogens (tertiary/aromatic N) is 14. The number of hydrogen-bond donors (Lipinski definition) is 0. The Morgan fingerprint density at radius 3 is 0.932 bits per heavy atom. The molecule has 17 aromatic carbocycles. The molecule has 0 fully saturated rings. The van der Waals surface area contributed by atoms with E-state index in [-0.39, 0.29) is 20.1 Å². The summed E-state index contributed by atoms with van der Waals surface area (Å²) in [5, 5.41) is 10.6. The molecule has 17 nitrogen and oxygen atoms in total. The van der Waals surface area contributed by atoms with Crippen LogP contribution in [-0.2, 0) is 0 Å². The van der Waals surface area contributed by atoms with Crippen molar-refractivity contribution < 1.29 is 14.2 Å². The Bertz CT molecular complexity index is 9130. The van der Waals surface area contributed by atoms with E-state index in [2.05, 4.69) is 342 Å². The molecule has 0 bridgehead atoms. The van der Waals surface area contributed by atoms with E-state index >= 15 is 0 Å². The standard InChI is InChI=1S/C50H31BN6OS.C38H23BN4OS.C36H21BN4OS/c1-3-13-32(14-4-1)48-53-49(33-15-5-2-6-16-33)55-50(54-48)34-23-25-35(26-24-34)56-40-20-10-11-21-42(40)58-47-41(56)31-44-45-46(47)57(36-27-29-52-30-28-36)39-19-9-7-17-37(39)51(45)38-18-8-12-22-43(38)59-44;1-3-13-28-26(11-1)39-27-12-2-6-17-33(27)45-34-23-31-38(37(35(34)39)42(28)25-18-21-40-22-19-25)44-32-16-5-4-14-29(32)43(31)30-15-7-9-24-10-8-20-41-36(24)30;38-22-23-13-15-24(16-14-23)40-29-10-4-5-11-31(29)42-36-30(40)21-33-34-35(36)41(25-17-19-39-20-18-25)28-9-3-1-7-26(28)37(34)27-8-2-6-12-32(27)43-33/h1-31H;1-23H;1-21H. The van der Waals surface area contributed by atoms with Crippen molar-refractivity contribution in [2.45, 2.75) is 29.4 Å². The number of fused-ring (bicyclic) bond motifs is 22. The molecule has 686 valence electrons. The second kappa shape index (κ2) is 35.0. The van der Waals surface area contributed by atoms with Gasteiger partial charge in [-0.2, -0.15) is 5.26 Å². The van der Waals surface area contributed by atoms with Gasteiger partial charge in [0.05, 0.1) is 74.0 Å². The molecule has 31 rings (SSSR count). The van der Waals surface area contributed by atoms with E-state index in [1.54, 1.807) is 0 Å². The maximum atomic E-state index is 9.49. The molecular formula is C124H75B3N14O3S3. The fraction of sp³-hybridized carbons (Fsp3) is 0. The largest absolute Gasteiger partial charge is 0.451 e. The van der Waals surface area contributed by atoms with Gasteiger partial charge in [0.1, 0.15) is 0 Å². The lowest BCUT2D eigenvalue weighted by atomic mass is 9.35. The molecule has 14 heterocycles. The lowest BCUT2D eigenvalue weighted by Crippen LogP contribution is -2.60. The topological polar surface area (TPSA) is 161 Å². The molecule has 22 aromatic rings. The Hall–Kier alpha value is -18.5. The minimum Gasteiger partial charge on any atom is -0.451 e. The fourth-order valence-corrected chi connectivity index (χ4v) is 26.0. The summed E-state index contributed by atoms with van der Waals surface area (Å²) < 4.78 is 21.1. The maximum absolute atomic E-state index is 9.49. The van der Waals surface area contributed by atoms with Gasteiger partial charge in [-0.25, -0.2) is 15.0 Å². The second-order valence-electron chi connectivity index (χ2n) is 36.8. The van der Waals surface area contributed by atoms with Crippen LogP contribution in [0.1, 0.15) is 5.56 Å². The first kappa shape index (κ1) is 85.3. The number of rotatable bonds is 9. The van der Waals surface area contributed by atoms with Crippen LogP contribution in [-0.4, -0.2) is 55.0 Å². The summed E-state index contributed by atoms with van der Waals surface area (Å²) in [6, 6.07) is 146. The van der Waals surface area contributed by atoms with Gasteiger partial charge in [-0.05, 0) is 221 Å². The second-order valence-corrected chi connectivity index (χ2v) is 40.0. The van der Waals surface area contributed by atoms with Gasteiger partial charge in [-0.15, -0.1) is 0 Å². The molecule has 147 heavy (non-hydrogen) atoms. The molecule has 0 unspecified atom stereocenters. The molecule has 5 aromatic heterocycles. The summed E-state index contributed by atoms with van der Waals surface area (Å²) in [4.78, 5) is 54.3. The molecule has 0 N–H and O–H groups in total. The first-order valence-corrected chi connectivity index (χ1v) is 51.2. The normalized spacial score (nSPS) is 13.4.